The minimum Gasteiger partial charge on any atom is -0.495 e. The third kappa shape index (κ3) is 4.80. The van der Waals surface area contributed by atoms with E-state index in [1.54, 1.807) is 0 Å². The van der Waals surface area contributed by atoms with Crippen LogP contribution in [-0.2, 0) is 14.8 Å². The second-order valence-electron chi connectivity index (χ2n) is 7.75. The molecule has 31 heavy (non-hydrogen) atoms. The highest BCUT2D eigenvalue weighted by Gasteiger charge is 2.31. The highest BCUT2D eigenvalue weighted by Crippen LogP contribution is 2.30. The molecule has 0 saturated carbocycles. The second-order valence-corrected chi connectivity index (χ2v) is 9.66. The van der Waals surface area contributed by atoms with Crippen molar-refractivity contribution in [3.05, 3.63) is 58.1 Å². The zero-order valence-corrected chi connectivity index (χ0v) is 19.0. The Morgan fingerprint density at radius 3 is 2.19 bits per heavy atom. The SMILES string of the molecule is COc1ccc(C(=O)OCC(=O)c2c(C)cc(C)cc2C)cc1S(=O)(=O)N1CCCC1. The Bertz CT molecular complexity index is 1090. The van der Waals surface area contributed by atoms with E-state index in [4.69, 9.17) is 9.47 Å². The zero-order valence-electron chi connectivity index (χ0n) is 18.2. The van der Waals surface area contributed by atoms with E-state index in [0.717, 1.165) is 29.5 Å². The van der Waals surface area contributed by atoms with Gasteiger partial charge in [-0.25, -0.2) is 13.2 Å². The van der Waals surface area contributed by atoms with Crippen LogP contribution in [0.4, 0.5) is 0 Å². The molecule has 0 spiro atoms. The molecule has 1 aliphatic rings. The fourth-order valence-electron chi connectivity index (χ4n) is 3.98. The number of nitrogens with zero attached hydrogens (tertiary/aromatic N) is 1. The number of ketones is 1. The maximum Gasteiger partial charge on any atom is 0.338 e. The molecule has 2 aromatic rings. The molecule has 2 aromatic carbocycles. The van der Waals surface area contributed by atoms with Gasteiger partial charge in [-0.3, -0.25) is 4.79 Å². The van der Waals surface area contributed by atoms with Gasteiger partial charge in [0.1, 0.15) is 10.6 Å². The number of hydrogen-bond donors (Lipinski definition) is 0. The van der Waals surface area contributed by atoms with E-state index in [9.17, 15) is 18.0 Å². The summed E-state index contributed by atoms with van der Waals surface area (Å²) in [6.07, 6.45) is 1.59. The number of aryl methyl sites for hydroxylation is 3. The molecule has 7 nitrogen and oxygen atoms in total. The van der Waals surface area contributed by atoms with Crippen LogP contribution >= 0.6 is 0 Å². The Labute approximate surface area is 183 Å². The van der Waals surface area contributed by atoms with Crippen molar-refractivity contribution in [2.75, 3.05) is 26.8 Å². The molecule has 0 radical (unpaired) electrons. The Hall–Kier alpha value is -2.71. The van der Waals surface area contributed by atoms with Crippen LogP contribution in [0, 0.1) is 20.8 Å². The summed E-state index contributed by atoms with van der Waals surface area (Å²) in [7, 11) is -2.42. The van der Waals surface area contributed by atoms with Crippen LogP contribution < -0.4 is 4.74 Å². The van der Waals surface area contributed by atoms with E-state index < -0.39 is 22.6 Å². The number of esters is 1. The molecule has 0 aliphatic carbocycles. The standard InChI is InChI=1S/C23H27NO6S/c1-15-11-16(2)22(17(3)12-15)19(25)14-30-23(26)18-7-8-20(29-4)21(13-18)31(27,28)24-9-5-6-10-24/h7-8,11-13H,5-6,9-10,14H2,1-4H3. The third-order valence-corrected chi connectivity index (χ3v) is 7.29. The summed E-state index contributed by atoms with van der Waals surface area (Å²) in [5, 5.41) is 0. The van der Waals surface area contributed by atoms with Gasteiger partial charge in [-0.05, 0) is 62.9 Å². The first-order valence-corrected chi connectivity index (χ1v) is 11.6. The van der Waals surface area contributed by atoms with Crippen LogP contribution in [-0.4, -0.2) is 51.3 Å². The summed E-state index contributed by atoms with van der Waals surface area (Å²) in [5.74, 6) is -0.913. The van der Waals surface area contributed by atoms with Crippen LogP contribution in [0.5, 0.6) is 5.75 Å². The van der Waals surface area contributed by atoms with E-state index >= 15 is 0 Å². The lowest BCUT2D eigenvalue weighted by Crippen LogP contribution is -2.28. The molecule has 8 heteroatoms. The number of carbonyl (C=O) groups excluding carboxylic acids is 2. The Morgan fingerprint density at radius 2 is 1.61 bits per heavy atom. The number of carbonyl (C=O) groups is 2. The van der Waals surface area contributed by atoms with Crippen LogP contribution in [0.2, 0.25) is 0 Å². The van der Waals surface area contributed by atoms with Gasteiger partial charge in [0.25, 0.3) is 0 Å². The molecule has 166 valence electrons. The van der Waals surface area contributed by atoms with Gasteiger partial charge in [0, 0.05) is 18.7 Å². The van der Waals surface area contributed by atoms with E-state index in [1.165, 1.54) is 29.6 Å². The first-order chi connectivity index (χ1) is 14.6. The molecule has 1 heterocycles. The van der Waals surface area contributed by atoms with Gasteiger partial charge in [-0.2, -0.15) is 4.31 Å². The number of benzene rings is 2. The van der Waals surface area contributed by atoms with Gasteiger partial charge in [-0.15, -0.1) is 0 Å². The van der Waals surface area contributed by atoms with E-state index in [1.807, 2.05) is 32.9 Å². The lowest BCUT2D eigenvalue weighted by molar-refractivity contribution is 0.0474. The maximum atomic E-state index is 13.0. The van der Waals surface area contributed by atoms with E-state index in [0.29, 0.717) is 18.7 Å². The first-order valence-electron chi connectivity index (χ1n) is 10.1. The van der Waals surface area contributed by atoms with Gasteiger partial charge >= 0.3 is 5.97 Å². The minimum atomic E-state index is -3.79. The average Bonchev–Trinajstić information content (AvgIpc) is 3.26. The molecule has 1 fully saturated rings. The molecule has 1 saturated heterocycles. The molecule has 0 unspecified atom stereocenters. The third-order valence-electron chi connectivity index (χ3n) is 5.37. The summed E-state index contributed by atoms with van der Waals surface area (Å²) >= 11 is 0. The predicted molar refractivity (Wildman–Crippen MR) is 116 cm³/mol. The smallest absolute Gasteiger partial charge is 0.338 e. The van der Waals surface area contributed by atoms with Gasteiger partial charge in [0.05, 0.1) is 12.7 Å². The van der Waals surface area contributed by atoms with Gasteiger partial charge in [0.15, 0.2) is 6.61 Å². The van der Waals surface area contributed by atoms with Crippen molar-refractivity contribution in [1.29, 1.82) is 0 Å². The highest BCUT2D eigenvalue weighted by atomic mass is 32.2. The van der Waals surface area contributed by atoms with Crippen molar-refractivity contribution in [2.45, 2.75) is 38.5 Å². The number of rotatable bonds is 7. The molecule has 0 atom stereocenters. The van der Waals surface area contributed by atoms with Gasteiger partial charge in [-0.1, -0.05) is 17.7 Å². The van der Waals surface area contributed by atoms with Crippen LogP contribution in [0.15, 0.2) is 35.2 Å². The molecular formula is C23H27NO6S. The van der Waals surface area contributed by atoms with E-state index in [2.05, 4.69) is 0 Å². The summed E-state index contributed by atoms with van der Waals surface area (Å²) < 4.78 is 37.8. The summed E-state index contributed by atoms with van der Waals surface area (Å²) in [6.45, 7) is 6.07. The van der Waals surface area contributed by atoms with E-state index in [-0.39, 0.29) is 22.0 Å². The lowest BCUT2D eigenvalue weighted by atomic mass is 9.97. The topological polar surface area (TPSA) is 90.0 Å². The fourth-order valence-corrected chi connectivity index (χ4v) is 5.68. The fraction of sp³-hybridized carbons (Fsp3) is 0.391. The van der Waals surface area contributed by atoms with Crippen molar-refractivity contribution >= 4 is 21.8 Å². The van der Waals surface area contributed by atoms with Crippen LogP contribution in [0.3, 0.4) is 0 Å². The molecule has 0 bridgehead atoms. The number of methoxy groups -OCH3 is 1. The molecule has 0 aromatic heterocycles. The Morgan fingerprint density at radius 1 is 1.00 bits per heavy atom. The number of Topliss-reactive ketones (excluding diaryl/α,β-unsaturated/α-hetero) is 1. The van der Waals surface area contributed by atoms with Crippen LogP contribution in [0.25, 0.3) is 0 Å². The molecule has 3 rings (SSSR count). The Kier molecular flexibility index (Phi) is 6.81. The predicted octanol–water partition coefficient (Wildman–Crippen LogP) is 3.44. The monoisotopic (exact) mass is 445 g/mol. The van der Waals surface area contributed by atoms with Crippen molar-refractivity contribution in [3.63, 3.8) is 0 Å². The molecular weight excluding hydrogens is 418 g/mol. The van der Waals surface area contributed by atoms with Crippen molar-refractivity contribution in [2.24, 2.45) is 0 Å². The van der Waals surface area contributed by atoms with Crippen molar-refractivity contribution in [1.82, 2.24) is 4.31 Å². The van der Waals surface area contributed by atoms with Gasteiger partial charge in [0.2, 0.25) is 15.8 Å². The number of hydrogen-bond acceptors (Lipinski definition) is 6. The average molecular weight is 446 g/mol. The summed E-state index contributed by atoms with van der Waals surface area (Å²) in [4.78, 5) is 25.1. The second kappa shape index (κ2) is 9.20. The van der Waals surface area contributed by atoms with Crippen molar-refractivity contribution < 1.29 is 27.5 Å². The minimum absolute atomic E-state index is 0.0451. The normalized spacial score (nSPS) is 14.5. The number of sulfonamides is 1. The molecule has 0 amide bonds. The van der Waals surface area contributed by atoms with Gasteiger partial charge < -0.3 is 9.47 Å². The summed E-state index contributed by atoms with van der Waals surface area (Å²) in [6, 6.07) is 7.91. The first kappa shape index (κ1) is 23.0. The van der Waals surface area contributed by atoms with Crippen LogP contribution in [0.1, 0.15) is 50.2 Å². The quantitative estimate of drug-likeness (QED) is 0.479. The largest absolute Gasteiger partial charge is 0.495 e. The molecule has 1 aliphatic heterocycles. The highest BCUT2D eigenvalue weighted by molar-refractivity contribution is 7.89. The Balaban J connectivity index is 1.80. The maximum absolute atomic E-state index is 13.0. The number of ether oxygens (including phenoxy) is 2. The lowest BCUT2D eigenvalue weighted by Gasteiger charge is -2.18. The molecule has 0 N–H and O–H groups in total. The van der Waals surface area contributed by atoms with Crippen molar-refractivity contribution in [3.8, 4) is 5.75 Å². The summed E-state index contributed by atoms with van der Waals surface area (Å²) in [5.41, 5.74) is 3.27. The zero-order chi connectivity index (χ0) is 22.8.